The van der Waals surface area contributed by atoms with Crippen LogP contribution >= 0.6 is 0 Å². The quantitative estimate of drug-likeness (QED) is 0.479. The molecule has 0 unspecified atom stereocenters. The van der Waals surface area contributed by atoms with Crippen molar-refractivity contribution in [1.82, 2.24) is 0 Å². The van der Waals surface area contributed by atoms with Crippen LogP contribution in [0.4, 0.5) is 5.69 Å². The number of nitrogens with zero attached hydrogens (tertiary/aromatic N) is 1. The van der Waals surface area contributed by atoms with Crippen LogP contribution in [0.1, 0.15) is 27.7 Å². The maximum Gasteiger partial charge on any atom is 0.241 e. The van der Waals surface area contributed by atoms with E-state index in [4.69, 9.17) is 28.4 Å². The Labute approximate surface area is 196 Å². The summed E-state index contributed by atoms with van der Waals surface area (Å²) in [6.07, 6.45) is 0.213. The molecule has 9 heteroatoms. The fraction of sp³-hybridized carbons (Fsp3) is 0.600. The van der Waals surface area contributed by atoms with E-state index in [9.17, 15) is 9.59 Å². The van der Waals surface area contributed by atoms with Crippen LogP contribution in [0.25, 0.3) is 0 Å². The van der Waals surface area contributed by atoms with Gasteiger partial charge in [-0.05, 0) is 39.8 Å². The molecule has 180 valence electrons. The number of benzene rings is 1. The van der Waals surface area contributed by atoms with Crippen molar-refractivity contribution in [2.75, 3.05) is 4.90 Å². The average molecular weight is 469 g/mol. The van der Waals surface area contributed by atoms with Gasteiger partial charge < -0.3 is 28.4 Å². The summed E-state index contributed by atoms with van der Waals surface area (Å²) in [5.74, 6) is -3.65. The van der Waals surface area contributed by atoms with Gasteiger partial charge in [0, 0.05) is 0 Å². The van der Waals surface area contributed by atoms with Crippen LogP contribution in [-0.2, 0) is 38.0 Å². The zero-order valence-electron chi connectivity index (χ0n) is 19.4. The van der Waals surface area contributed by atoms with E-state index in [1.165, 1.54) is 4.90 Å². The first-order chi connectivity index (χ1) is 16.1. The smallest absolute Gasteiger partial charge is 0.241 e. The van der Waals surface area contributed by atoms with E-state index in [1.807, 2.05) is 58.0 Å². The lowest BCUT2D eigenvalue weighted by molar-refractivity contribution is -0.269. The molecular formula is C25H27NO8. The van der Waals surface area contributed by atoms with Crippen molar-refractivity contribution in [3.8, 4) is 0 Å². The molecule has 6 aliphatic heterocycles. The molecule has 9 nitrogen and oxygen atoms in total. The lowest BCUT2D eigenvalue weighted by Crippen LogP contribution is -2.64. The predicted octanol–water partition coefficient (Wildman–Crippen LogP) is 1.90. The van der Waals surface area contributed by atoms with E-state index < -0.39 is 65.8 Å². The SMILES string of the molecule is CC1(C)O[C@H]2[C@@H](O1)[C@@H]([C@@]13C=C[C@@H](O1)[C@H]1C(=O)N(c4ccccc4)C(=O)[C@H]13)O[C@@H]1OC(C)(C)O[C@@H]12. The minimum absolute atomic E-state index is 0.256. The summed E-state index contributed by atoms with van der Waals surface area (Å²) in [5.41, 5.74) is -0.626. The van der Waals surface area contributed by atoms with Crippen molar-refractivity contribution in [3.63, 3.8) is 0 Å². The van der Waals surface area contributed by atoms with E-state index in [1.54, 1.807) is 12.1 Å². The maximum atomic E-state index is 13.8. The van der Waals surface area contributed by atoms with Crippen molar-refractivity contribution in [1.29, 1.82) is 0 Å². The predicted molar refractivity (Wildman–Crippen MR) is 115 cm³/mol. The minimum atomic E-state index is -1.18. The zero-order valence-corrected chi connectivity index (χ0v) is 19.4. The highest BCUT2D eigenvalue weighted by Gasteiger charge is 2.75. The second-order valence-corrected chi connectivity index (χ2v) is 10.7. The first-order valence-electron chi connectivity index (χ1n) is 11.8. The third-order valence-corrected chi connectivity index (χ3v) is 7.69. The van der Waals surface area contributed by atoms with Gasteiger partial charge in [-0.2, -0.15) is 0 Å². The third kappa shape index (κ3) is 2.65. The van der Waals surface area contributed by atoms with Gasteiger partial charge in [0.2, 0.25) is 11.8 Å². The number of para-hydroxylation sites is 1. The van der Waals surface area contributed by atoms with E-state index in [2.05, 4.69) is 0 Å². The van der Waals surface area contributed by atoms with E-state index in [-0.39, 0.29) is 11.8 Å². The molecule has 0 spiro atoms. The molecule has 0 aromatic heterocycles. The Morgan fingerprint density at radius 2 is 1.47 bits per heavy atom. The molecule has 0 radical (unpaired) electrons. The van der Waals surface area contributed by atoms with Gasteiger partial charge in [-0.1, -0.05) is 30.4 Å². The van der Waals surface area contributed by atoms with E-state index in [0.29, 0.717) is 5.69 Å². The Kier molecular flexibility index (Phi) is 4.07. The van der Waals surface area contributed by atoms with E-state index in [0.717, 1.165) is 0 Å². The van der Waals surface area contributed by atoms with Gasteiger partial charge in [0.1, 0.15) is 30.0 Å². The number of hydrogen-bond acceptors (Lipinski definition) is 8. The number of hydrogen-bond donors (Lipinski definition) is 0. The van der Waals surface area contributed by atoms with Gasteiger partial charge in [-0.15, -0.1) is 0 Å². The van der Waals surface area contributed by atoms with Gasteiger partial charge in [-0.25, -0.2) is 4.90 Å². The maximum absolute atomic E-state index is 13.8. The van der Waals surface area contributed by atoms with Crippen LogP contribution in [0.5, 0.6) is 0 Å². The Bertz CT molecular complexity index is 1100. The zero-order chi connectivity index (χ0) is 23.6. The number of amides is 2. The summed E-state index contributed by atoms with van der Waals surface area (Å²) in [7, 11) is 0. The van der Waals surface area contributed by atoms with Gasteiger partial charge >= 0.3 is 0 Å². The van der Waals surface area contributed by atoms with Gasteiger partial charge in [0.25, 0.3) is 0 Å². The van der Waals surface area contributed by atoms with Gasteiger partial charge in [-0.3, -0.25) is 9.59 Å². The van der Waals surface area contributed by atoms with Crippen LogP contribution in [0, 0.1) is 11.8 Å². The molecule has 7 rings (SSSR count). The number of carbonyl (C=O) groups excluding carboxylic acids is 2. The number of fused-ring (bicyclic) bond motifs is 8. The lowest BCUT2D eigenvalue weighted by atomic mass is 9.71. The van der Waals surface area contributed by atoms with Crippen LogP contribution < -0.4 is 4.90 Å². The molecule has 6 aliphatic rings. The lowest BCUT2D eigenvalue weighted by Gasteiger charge is -2.45. The standard InChI is InChI=1S/C25H27NO8/c1-23(2)31-16-17(32-23)19(29-22-18(16)33-24(3,4)34-22)25-11-10-13(30-25)14-15(25)21(28)26(20(14)27)12-8-6-5-7-9-12/h5-11,13-19,22H,1-4H3/t13-,14-,15+,16+,17-,18-,19+,22-,25+/m1/s1. The molecule has 5 saturated heterocycles. The third-order valence-electron chi connectivity index (χ3n) is 7.69. The molecule has 1 aromatic rings. The molecule has 6 heterocycles. The Hall–Kier alpha value is -2.14. The van der Waals surface area contributed by atoms with Crippen molar-refractivity contribution in [2.45, 2.75) is 81.7 Å². The van der Waals surface area contributed by atoms with E-state index >= 15 is 0 Å². The number of carbonyl (C=O) groups is 2. The monoisotopic (exact) mass is 469 g/mol. The van der Waals surface area contributed by atoms with Crippen LogP contribution in [0.3, 0.4) is 0 Å². The minimum Gasteiger partial charge on any atom is -0.359 e. The molecule has 9 atom stereocenters. The summed E-state index contributed by atoms with van der Waals surface area (Å²) in [6, 6.07) is 8.99. The van der Waals surface area contributed by atoms with Crippen molar-refractivity contribution in [2.24, 2.45) is 11.8 Å². The van der Waals surface area contributed by atoms with Gasteiger partial charge in [0.05, 0.1) is 23.6 Å². The number of ether oxygens (including phenoxy) is 6. The molecular weight excluding hydrogens is 442 g/mol. The summed E-state index contributed by atoms with van der Waals surface area (Å²) >= 11 is 0. The molecule has 1 aromatic carbocycles. The first kappa shape index (κ1) is 21.2. The summed E-state index contributed by atoms with van der Waals surface area (Å²) in [6.45, 7) is 7.32. The highest BCUT2D eigenvalue weighted by atomic mass is 16.9. The van der Waals surface area contributed by atoms with Crippen LogP contribution in [0.15, 0.2) is 42.5 Å². The molecule has 34 heavy (non-hydrogen) atoms. The second kappa shape index (κ2) is 6.54. The Morgan fingerprint density at radius 3 is 2.24 bits per heavy atom. The average Bonchev–Trinajstić information content (AvgIpc) is 3.54. The molecule has 2 bridgehead atoms. The fourth-order valence-corrected chi connectivity index (χ4v) is 6.57. The first-order valence-corrected chi connectivity index (χ1v) is 11.8. The van der Waals surface area contributed by atoms with Crippen LogP contribution in [0.2, 0.25) is 0 Å². The highest BCUT2D eigenvalue weighted by molar-refractivity contribution is 6.23. The van der Waals surface area contributed by atoms with Crippen molar-refractivity contribution in [3.05, 3.63) is 42.5 Å². The Balaban J connectivity index is 1.30. The van der Waals surface area contributed by atoms with Crippen molar-refractivity contribution >= 4 is 17.5 Å². The normalized spacial score (nSPS) is 47.2. The summed E-state index contributed by atoms with van der Waals surface area (Å²) in [4.78, 5) is 28.5. The summed E-state index contributed by atoms with van der Waals surface area (Å²) in [5, 5.41) is 0. The summed E-state index contributed by atoms with van der Waals surface area (Å²) < 4.78 is 37.6. The molecule has 5 fully saturated rings. The molecule has 0 N–H and O–H groups in total. The number of imide groups is 1. The molecule has 0 aliphatic carbocycles. The topological polar surface area (TPSA) is 92.8 Å². The van der Waals surface area contributed by atoms with Crippen LogP contribution in [-0.4, -0.2) is 65.8 Å². The Morgan fingerprint density at radius 1 is 0.794 bits per heavy atom. The van der Waals surface area contributed by atoms with Gasteiger partial charge in [0.15, 0.2) is 17.9 Å². The molecule has 2 amide bonds. The highest BCUT2D eigenvalue weighted by Crippen LogP contribution is 2.58. The number of rotatable bonds is 2. The fourth-order valence-electron chi connectivity index (χ4n) is 6.57. The second-order valence-electron chi connectivity index (χ2n) is 10.7. The number of anilines is 1. The van der Waals surface area contributed by atoms with Crippen molar-refractivity contribution < 1.29 is 38.0 Å². The molecule has 0 saturated carbocycles. The largest absolute Gasteiger partial charge is 0.359 e.